The Morgan fingerprint density at radius 2 is 1.96 bits per heavy atom. The third-order valence-electron chi connectivity index (χ3n) is 3.42. The third kappa shape index (κ3) is 6.01. The van der Waals surface area contributed by atoms with Crippen molar-refractivity contribution in [3.05, 3.63) is 24.2 Å². The molecule has 2 rings (SSSR count). The molecule has 1 heterocycles. The smallest absolute Gasteiger partial charge is 0.315 e. The second kappa shape index (κ2) is 8.21. The van der Waals surface area contributed by atoms with E-state index in [1.165, 1.54) is 6.26 Å². The van der Waals surface area contributed by atoms with Gasteiger partial charge in [0.25, 0.3) is 0 Å². The Kier molecular flexibility index (Phi) is 6.02. The van der Waals surface area contributed by atoms with Crippen LogP contribution in [0.3, 0.4) is 0 Å². The summed E-state index contributed by atoms with van der Waals surface area (Å²) < 4.78 is 5.10. The predicted molar refractivity (Wildman–Crippen MR) is 82.3 cm³/mol. The molecule has 8 nitrogen and oxygen atoms in total. The molecule has 126 valence electrons. The molecule has 1 aromatic heterocycles. The number of carbonyl (C=O) groups is 3. The van der Waals surface area contributed by atoms with Crippen molar-refractivity contribution in [3.63, 3.8) is 0 Å². The fourth-order valence-corrected chi connectivity index (χ4v) is 1.91. The van der Waals surface area contributed by atoms with Crippen molar-refractivity contribution >= 4 is 17.8 Å². The summed E-state index contributed by atoms with van der Waals surface area (Å²) in [5.41, 5.74) is 0. The lowest BCUT2D eigenvalue weighted by molar-refractivity contribution is -0.123. The molecule has 1 aliphatic carbocycles. The first-order chi connectivity index (χ1) is 11.1. The monoisotopic (exact) mass is 322 g/mol. The van der Waals surface area contributed by atoms with Gasteiger partial charge in [-0.25, -0.2) is 4.79 Å². The van der Waals surface area contributed by atoms with E-state index in [0.717, 1.165) is 12.8 Å². The first-order valence-corrected chi connectivity index (χ1v) is 7.68. The maximum atomic E-state index is 11.8. The standard InChI is InChI=1S/C15H22N4O4/c1-10(13(20)18-9-12-3-2-8-23-12)19-15(22)17-7-6-16-14(21)11-4-5-11/h2-3,8,10-11H,4-7,9H2,1H3,(H,16,21)(H,18,20)(H2,17,19,22). The number of carbonyl (C=O) groups excluding carboxylic acids is 3. The first kappa shape index (κ1) is 16.9. The van der Waals surface area contributed by atoms with Gasteiger partial charge in [-0.1, -0.05) is 0 Å². The van der Waals surface area contributed by atoms with E-state index in [4.69, 9.17) is 4.42 Å². The Balaban J connectivity index is 1.55. The highest BCUT2D eigenvalue weighted by Gasteiger charge is 2.29. The number of furan rings is 1. The molecule has 1 aliphatic rings. The number of hydrogen-bond donors (Lipinski definition) is 4. The van der Waals surface area contributed by atoms with Crippen LogP contribution in [-0.2, 0) is 16.1 Å². The molecule has 23 heavy (non-hydrogen) atoms. The summed E-state index contributed by atoms with van der Waals surface area (Å²) in [6, 6.07) is 2.36. The number of rotatable bonds is 8. The molecule has 1 atom stereocenters. The van der Waals surface area contributed by atoms with Gasteiger partial charge in [0.1, 0.15) is 11.8 Å². The summed E-state index contributed by atoms with van der Waals surface area (Å²) in [7, 11) is 0. The van der Waals surface area contributed by atoms with Crippen LogP contribution < -0.4 is 21.3 Å². The molecule has 0 saturated heterocycles. The molecule has 0 aliphatic heterocycles. The van der Waals surface area contributed by atoms with E-state index in [1.54, 1.807) is 19.1 Å². The second-order valence-electron chi connectivity index (χ2n) is 5.48. The van der Waals surface area contributed by atoms with Crippen LogP contribution >= 0.6 is 0 Å². The Morgan fingerprint density at radius 3 is 2.61 bits per heavy atom. The first-order valence-electron chi connectivity index (χ1n) is 7.68. The number of urea groups is 1. The number of hydrogen-bond acceptors (Lipinski definition) is 4. The van der Waals surface area contributed by atoms with Gasteiger partial charge in [0.2, 0.25) is 11.8 Å². The Morgan fingerprint density at radius 1 is 1.22 bits per heavy atom. The fraction of sp³-hybridized carbons (Fsp3) is 0.533. The van der Waals surface area contributed by atoms with Crippen molar-refractivity contribution in [2.45, 2.75) is 32.4 Å². The fourth-order valence-electron chi connectivity index (χ4n) is 1.91. The molecule has 1 saturated carbocycles. The number of amides is 4. The van der Waals surface area contributed by atoms with Crippen molar-refractivity contribution in [2.24, 2.45) is 5.92 Å². The minimum Gasteiger partial charge on any atom is -0.467 e. The van der Waals surface area contributed by atoms with E-state index in [9.17, 15) is 14.4 Å². The van der Waals surface area contributed by atoms with Crippen LogP contribution in [0.5, 0.6) is 0 Å². The van der Waals surface area contributed by atoms with Crippen molar-refractivity contribution in [2.75, 3.05) is 13.1 Å². The van der Waals surface area contributed by atoms with Gasteiger partial charge in [-0.15, -0.1) is 0 Å². The lowest BCUT2D eigenvalue weighted by Gasteiger charge is -2.14. The predicted octanol–water partition coefficient (Wildman–Crippen LogP) is 0.110. The second-order valence-corrected chi connectivity index (χ2v) is 5.48. The highest BCUT2D eigenvalue weighted by atomic mass is 16.3. The van der Waals surface area contributed by atoms with Crippen LogP contribution in [0, 0.1) is 5.92 Å². The molecule has 1 aromatic rings. The summed E-state index contributed by atoms with van der Waals surface area (Å²) in [6.45, 7) is 2.55. The van der Waals surface area contributed by atoms with E-state index in [0.29, 0.717) is 18.8 Å². The molecular formula is C15H22N4O4. The minimum atomic E-state index is -0.675. The van der Waals surface area contributed by atoms with Gasteiger partial charge in [0, 0.05) is 19.0 Å². The maximum absolute atomic E-state index is 11.8. The molecule has 0 radical (unpaired) electrons. The zero-order chi connectivity index (χ0) is 16.7. The van der Waals surface area contributed by atoms with Crippen LogP contribution in [-0.4, -0.2) is 37.0 Å². The van der Waals surface area contributed by atoms with Gasteiger partial charge in [0.05, 0.1) is 12.8 Å². The molecule has 0 spiro atoms. The topological polar surface area (TPSA) is 112 Å². The van der Waals surface area contributed by atoms with Crippen molar-refractivity contribution in [1.82, 2.24) is 21.3 Å². The van der Waals surface area contributed by atoms with E-state index < -0.39 is 12.1 Å². The zero-order valence-electron chi connectivity index (χ0n) is 13.1. The summed E-state index contributed by atoms with van der Waals surface area (Å²) in [5, 5.41) is 10.5. The van der Waals surface area contributed by atoms with Crippen LogP contribution in [0.1, 0.15) is 25.5 Å². The quantitative estimate of drug-likeness (QED) is 0.509. The molecule has 8 heteroatoms. The molecule has 1 fully saturated rings. The summed E-state index contributed by atoms with van der Waals surface area (Å²) in [4.78, 5) is 34.9. The molecule has 0 bridgehead atoms. The zero-order valence-corrected chi connectivity index (χ0v) is 13.1. The van der Waals surface area contributed by atoms with Crippen LogP contribution in [0.2, 0.25) is 0 Å². The average Bonchev–Trinajstić information content (AvgIpc) is 3.25. The largest absolute Gasteiger partial charge is 0.467 e. The Hall–Kier alpha value is -2.51. The molecular weight excluding hydrogens is 300 g/mol. The summed E-state index contributed by atoms with van der Waals surface area (Å²) in [5.74, 6) is 0.527. The Bertz CT molecular complexity index is 540. The summed E-state index contributed by atoms with van der Waals surface area (Å²) >= 11 is 0. The van der Waals surface area contributed by atoms with E-state index in [-0.39, 0.29) is 24.3 Å². The average molecular weight is 322 g/mol. The molecule has 4 amide bonds. The van der Waals surface area contributed by atoms with Gasteiger partial charge in [-0.2, -0.15) is 0 Å². The van der Waals surface area contributed by atoms with Crippen molar-refractivity contribution in [3.8, 4) is 0 Å². The van der Waals surface area contributed by atoms with Crippen molar-refractivity contribution in [1.29, 1.82) is 0 Å². The van der Waals surface area contributed by atoms with Crippen LogP contribution in [0.15, 0.2) is 22.8 Å². The highest BCUT2D eigenvalue weighted by molar-refractivity contribution is 5.86. The van der Waals surface area contributed by atoms with Gasteiger partial charge < -0.3 is 25.7 Å². The molecule has 0 aromatic carbocycles. The molecule has 4 N–H and O–H groups in total. The van der Waals surface area contributed by atoms with E-state index >= 15 is 0 Å². The number of nitrogens with one attached hydrogen (secondary N) is 4. The Labute approximate surface area is 134 Å². The van der Waals surface area contributed by atoms with E-state index in [2.05, 4.69) is 21.3 Å². The normalized spacial score (nSPS) is 14.7. The molecule has 1 unspecified atom stereocenters. The SMILES string of the molecule is CC(NC(=O)NCCNC(=O)C1CC1)C(=O)NCc1ccco1. The third-order valence-corrected chi connectivity index (χ3v) is 3.42. The van der Waals surface area contributed by atoms with Crippen molar-refractivity contribution < 1.29 is 18.8 Å². The van der Waals surface area contributed by atoms with Gasteiger partial charge >= 0.3 is 6.03 Å². The van der Waals surface area contributed by atoms with Gasteiger partial charge in [0.15, 0.2) is 0 Å². The van der Waals surface area contributed by atoms with Crippen LogP contribution in [0.25, 0.3) is 0 Å². The highest BCUT2D eigenvalue weighted by Crippen LogP contribution is 2.28. The lowest BCUT2D eigenvalue weighted by atomic mass is 10.3. The maximum Gasteiger partial charge on any atom is 0.315 e. The minimum absolute atomic E-state index is 0.0397. The summed E-state index contributed by atoms with van der Waals surface area (Å²) in [6.07, 6.45) is 3.42. The lowest BCUT2D eigenvalue weighted by Crippen LogP contribution is -2.49. The van der Waals surface area contributed by atoms with Crippen LogP contribution in [0.4, 0.5) is 4.79 Å². The van der Waals surface area contributed by atoms with Gasteiger partial charge in [-0.05, 0) is 31.9 Å². The van der Waals surface area contributed by atoms with E-state index in [1.807, 2.05) is 0 Å². The van der Waals surface area contributed by atoms with Gasteiger partial charge in [-0.3, -0.25) is 9.59 Å².